The van der Waals surface area contributed by atoms with Crippen LogP contribution in [0.15, 0.2) is 23.1 Å². The number of carboxylic acids is 1. The number of nitrogens with zero attached hydrogens (tertiary/aromatic N) is 1. The molecule has 0 saturated carbocycles. The number of nitro groups is 1. The van der Waals surface area contributed by atoms with Crippen LogP contribution in [0.1, 0.15) is 17.3 Å². The van der Waals surface area contributed by atoms with Crippen LogP contribution >= 0.6 is 0 Å². The van der Waals surface area contributed by atoms with Crippen LogP contribution < -0.4 is 5.32 Å². The predicted octanol–water partition coefficient (Wildman–Crippen LogP) is 0.201. The fraction of sp³-hybridized carbons (Fsp3) is 0.273. The number of carboxylic acid groups (broad SMARTS) is 1. The van der Waals surface area contributed by atoms with Gasteiger partial charge in [0.05, 0.1) is 9.82 Å². The number of nitrogens with one attached hydrogen (secondary N) is 1. The van der Waals surface area contributed by atoms with E-state index in [2.05, 4.69) is 5.32 Å². The second-order valence-corrected chi connectivity index (χ2v) is 6.29. The van der Waals surface area contributed by atoms with Crippen molar-refractivity contribution in [2.75, 3.05) is 6.26 Å². The lowest BCUT2D eigenvalue weighted by Gasteiger charge is -2.10. The largest absolute Gasteiger partial charge is 0.480 e. The summed E-state index contributed by atoms with van der Waals surface area (Å²) < 4.78 is 22.9. The molecule has 0 heterocycles. The Bertz CT molecular complexity index is 711. The van der Waals surface area contributed by atoms with Crippen molar-refractivity contribution in [1.29, 1.82) is 0 Å². The molecule has 10 heteroatoms. The van der Waals surface area contributed by atoms with Crippen molar-refractivity contribution in [3.8, 4) is 0 Å². The summed E-state index contributed by atoms with van der Waals surface area (Å²) in [6.07, 6.45) is 0.841. The molecule has 0 aromatic heterocycles. The van der Waals surface area contributed by atoms with Gasteiger partial charge in [-0.3, -0.25) is 19.7 Å². The van der Waals surface area contributed by atoms with Crippen molar-refractivity contribution in [3.05, 3.63) is 33.9 Å². The number of sulfone groups is 1. The van der Waals surface area contributed by atoms with Gasteiger partial charge < -0.3 is 10.4 Å². The van der Waals surface area contributed by atoms with E-state index in [1.54, 1.807) is 0 Å². The first-order chi connectivity index (χ1) is 9.52. The Labute approximate surface area is 119 Å². The zero-order chi connectivity index (χ0) is 16.4. The maximum absolute atomic E-state index is 11.8. The first kappa shape index (κ1) is 16.6. The van der Waals surface area contributed by atoms with Gasteiger partial charge in [0, 0.05) is 24.0 Å². The highest BCUT2D eigenvalue weighted by atomic mass is 32.2. The maximum atomic E-state index is 11.8. The first-order valence-electron chi connectivity index (χ1n) is 5.55. The molecule has 0 fully saturated rings. The fourth-order valence-corrected chi connectivity index (χ4v) is 2.05. The van der Waals surface area contributed by atoms with E-state index in [0.29, 0.717) is 0 Å². The third-order valence-corrected chi connectivity index (χ3v) is 3.60. The van der Waals surface area contributed by atoms with Crippen LogP contribution in [-0.2, 0) is 14.6 Å². The van der Waals surface area contributed by atoms with Crippen molar-refractivity contribution in [2.24, 2.45) is 0 Å². The molecule has 1 amide bonds. The van der Waals surface area contributed by atoms with E-state index in [-0.39, 0.29) is 5.56 Å². The molecule has 0 aliphatic heterocycles. The normalized spacial score (nSPS) is 12.5. The minimum atomic E-state index is -3.76. The minimum absolute atomic E-state index is 0.308. The van der Waals surface area contributed by atoms with Gasteiger partial charge in [0.2, 0.25) is 0 Å². The van der Waals surface area contributed by atoms with Gasteiger partial charge in [0.25, 0.3) is 11.6 Å². The summed E-state index contributed by atoms with van der Waals surface area (Å²) in [5, 5.41) is 21.5. The van der Waals surface area contributed by atoms with E-state index in [1.165, 1.54) is 6.92 Å². The van der Waals surface area contributed by atoms with Crippen LogP contribution in [-0.4, -0.2) is 42.6 Å². The highest BCUT2D eigenvalue weighted by molar-refractivity contribution is 7.90. The zero-order valence-electron chi connectivity index (χ0n) is 11.1. The maximum Gasteiger partial charge on any atom is 0.325 e. The van der Waals surface area contributed by atoms with Gasteiger partial charge in [-0.25, -0.2) is 8.42 Å². The van der Waals surface area contributed by atoms with Gasteiger partial charge >= 0.3 is 5.97 Å². The quantitative estimate of drug-likeness (QED) is 0.583. The van der Waals surface area contributed by atoms with E-state index in [0.717, 1.165) is 24.5 Å². The summed E-state index contributed by atoms with van der Waals surface area (Å²) in [7, 11) is -3.76. The lowest BCUT2D eigenvalue weighted by atomic mass is 10.1. The molecule has 0 bridgehead atoms. The molecule has 0 radical (unpaired) electrons. The Balaban J connectivity index is 3.29. The molecule has 0 aliphatic carbocycles. The summed E-state index contributed by atoms with van der Waals surface area (Å²) in [6, 6.07) is 1.43. The molecule has 0 spiro atoms. The van der Waals surface area contributed by atoms with Crippen molar-refractivity contribution in [3.63, 3.8) is 0 Å². The number of carbonyl (C=O) groups is 2. The number of hydrogen-bond donors (Lipinski definition) is 2. The average molecular weight is 316 g/mol. The first-order valence-corrected chi connectivity index (χ1v) is 7.44. The third-order valence-electron chi connectivity index (χ3n) is 2.51. The third kappa shape index (κ3) is 4.24. The van der Waals surface area contributed by atoms with Crippen molar-refractivity contribution in [1.82, 2.24) is 5.32 Å². The lowest BCUT2D eigenvalue weighted by molar-refractivity contribution is -0.385. The summed E-state index contributed by atoms with van der Waals surface area (Å²) in [4.78, 5) is 32.0. The van der Waals surface area contributed by atoms with Crippen LogP contribution in [0.5, 0.6) is 0 Å². The number of rotatable bonds is 5. The average Bonchev–Trinajstić information content (AvgIpc) is 2.36. The van der Waals surface area contributed by atoms with Crippen LogP contribution in [0.2, 0.25) is 0 Å². The highest BCUT2D eigenvalue weighted by Crippen LogP contribution is 2.21. The number of non-ortho nitro benzene ring substituents is 1. The standard InChI is InChI=1S/C11H12N2O7S/c1-6(11(15)16)12-10(14)7-3-8(13(17)18)5-9(4-7)21(2,19)20/h3-6H,1-2H3,(H,12,14)(H,15,16)/t6-/m0/s1. The highest BCUT2D eigenvalue weighted by Gasteiger charge is 2.21. The second kappa shape index (κ2) is 5.87. The number of nitro benzene ring substituents is 1. The SMILES string of the molecule is C[C@H](NC(=O)c1cc([N+](=O)[O-])cc(S(C)(=O)=O)c1)C(=O)O. The molecule has 114 valence electrons. The van der Waals surface area contributed by atoms with Crippen LogP contribution in [0.3, 0.4) is 0 Å². The molecular formula is C11H12N2O7S. The Kier molecular flexibility index (Phi) is 4.63. The number of amides is 1. The topological polar surface area (TPSA) is 144 Å². The zero-order valence-corrected chi connectivity index (χ0v) is 11.9. The van der Waals surface area contributed by atoms with Gasteiger partial charge in [0.1, 0.15) is 6.04 Å². The van der Waals surface area contributed by atoms with E-state index in [9.17, 15) is 28.1 Å². The van der Waals surface area contributed by atoms with Crippen LogP contribution in [0, 0.1) is 10.1 Å². The van der Waals surface area contributed by atoms with Gasteiger partial charge in [-0.2, -0.15) is 0 Å². The second-order valence-electron chi connectivity index (χ2n) is 4.28. The van der Waals surface area contributed by atoms with Crippen molar-refractivity contribution >= 4 is 27.4 Å². The molecule has 2 N–H and O–H groups in total. The Hall–Kier alpha value is -2.49. The summed E-state index contributed by atoms with van der Waals surface area (Å²) in [6.45, 7) is 1.20. The number of carbonyl (C=O) groups excluding carboxylic acids is 1. The van der Waals surface area contributed by atoms with E-state index >= 15 is 0 Å². The monoisotopic (exact) mass is 316 g/mol. The van der Waals surface area contributed by atoms with Gasteiger partial charge in [-0.1, -0.05) is 0 Å². The predicted molar refractivity (Wildman–Crippen MR) is 70.8 cm³/mol. The minimum Gasteiger partial charge on any atom is -0.480 e. The molecule has 1 atom stereocenters. The van der Waals surface area contributed by atoms with Gasteiger partial charge in [0.15, 0.2) is 9.84 Å². The Morgan fingerprint density at radius 3 is 2.33 bits per heavy atom. The number of benzene rings is 1. The molecule has 0 unspecified atom stereocenters. The van der Waals surface area contributed by atoms with Crippen LogP contribution in [0.25, 0.3) is 0 Å². The van der Waals surface area contributed by atoms with E-state index in [1.807, 2.05) is 0 Å². The molecule has 0 saturated heterocycles. The molecule has 1 aromatic carbocycles. The van der Waals surface area contributed by atoms with Gasteiger partial charge in [-0.15, -0.1) is 0 Å². The molecule has 21 heavy (non-hydrogen) atoms. The molecule has 0 aliphatic rings. The smallest absolute Gasteiger partial charge is 0.325 e. The summed E-state index contributed by atoms with van der Waals surface area (Å²) >= 11 is 0. The lowest BCUT2D eigenvalue weighted by Crippen LogP contribution is -2.38. The van der Waals surface area contributed by atoms with E-state index in [4.69, 9.17) is 5.11 Å². The molecular weight excluding hydrogens is 304 g/mol. The van der Waals surface area contributed by atoms with Crippen molar-refractivity contribution in [2.45, 2.75) is 17.9 Å². The summed E-state index contributed by atoms with van der Waals surface area (Å²) in [5.74, 6) is -2.21. The molecule has 1 rings (SSSR count). The molecule has 1 aromatic rings. The Morgan fingerprint density at radius 1 is 1.33 bits per heavy atom. The van der Waals surface area contributed by atoms with Gasteiger partial charge in [-0.05, 0) is 13.0 Å². The number of aliphatic carboxylic acids is 1. The van der Waals surface area contributed by atoms with Crippen LogP contribution in [0.4, 0.5) is 5.69 Å². The Morgan fingerprint density at radius 2 is 1.90 bits per heavy atom. The number of hydrogen-bond acceptors (Lipinski definition) is 6. The fourth-order valence-electron chi connectivity index (χ4n) is 1.38. The molecule has 9 nitrogen and oxygen atoms in total. The summed E-state index contributed by atoms with van der Waals surface area (Å²) in [5.41, 5.74) is -0.885. The van der Waals surface area contributed by atoms with Crippen molar-refractivity contribution < 1.29 is 28.0 Å². The van der Waals surface area contributed by atoms with E-state index < -0.39 is 43.3 Å².